The number of nitrogens with one attached hydrogen (secondary N) is 1. The number of hydrogen-bond acceptors (Lipinski definition) is 2. The number of carbonyl (C=O) groups excluding carboxylic acids is 1. The molecule has 0 aromatic carbocycles. The molecule has 0 heterocycles. The predicted molar refractivity (Wildman–Crippen MR) is 56.5 cm³/mol. The minimum absolute atomic E-state index is 0.0237. The third-order valence-electron chi connectivity index (χ3n) is 3.15. The smallest absolute Gasteiger partial charge is 0.311 e. The van der Waals surface area contributed by atoms with Crippen LogP contribution in [0.1, 0.15) is 45.4 Å². The van der Waals surface area contributed by atoms with Crippen LogP contribution in [0.3, 0.4) is 0 Å². The zero-order valence-corrected chi connectivity index (χ0v) is 9.21. The Morgan fingerprint density at radius 2 is 2.07 bits per heavy atom. The summed E-state index contributed by atoms with van der Waals surface area (Å²) in [7, 11) is 0. The molecule has 4 heteroatoms. The van der Waals surface area contributed by atoms with Gasteiger partial charge in [-0.15, -0.1) is 0 Å². The van der Waals surface area contributed by atoms with Crippen molar-refractivity contribution < 1.29 is 14.7 Å². The van der Waals surface area contributed by atoms with Crippen molar-refractivity contribution in [3.8, 4) is 0 Å². The second kappa shape index (κ2) is 5.14. The van der Waals surface area contributed by atoms with Crippen LogP contribution < -0.4 is 5.32 Å². The van der Waals surface area contributed by atoms with Gasteiger partial charge < -0.3 is 10.4 Å². The van der Waals surface area contributed by atoms with E-state index in [1.54, 1.807) is 0 Å². The van der Waals surface area contributed by atoms with Crippen LogP contribution in [0.5, 0.6) is 0 Å². The van der Waals surface area contributed by atoms with Crippen molar-refractivity contribution in [1.29, 1.82) is 0 Å². The van der Waals surface area contributed by atoms with E-state index in [0.717, 1.165) is 19.3 Å². The molecule has 2 N–H and O–H groups in total. The Morgan fingerprint density at radius 1 is 1.40 bits per heavy atom. The highest BCUT2D eigenvalue weighted by Gasteiger charge is 2.44. The zero-order valence-electron chi connectivity index (χ0n) is 9.21. The highest BCUT2D eigenvalue weighted by Crippen LogP contribution is 2.40. The summed E-state index contributed by atoms with van der Waals surface area (Å²) in [6.07, 6.45) is 4.69. The fraction of sp³-hybridized carbons (Fsp3) is 0.818. The van der Waals surface area contributed by atoms with Gasteiger partial charge in [-0.2, -0.15) is 0 Å². The topological polar surface area (TPSA) is 66.4 Å². The third kappa shape index (κ3) is 2.94. The summed E-state index contributed by atoms with van der Waals surface area (Å²) in [5.74, 6) is -0.797. The molecule has 0 saturated heterocycles. The van der Waals surface area contributed by atoms with E-state index in [4.69, 9.17) is 5.11 Å². The number of aliphatic carboxylic acids is 1. The van der Waals surface area contributed by atoms with E-state index in [1.165, 1.54) is 0 Å². The summed E-state index contributed by atoms with van der Waals surface area (Å²) in [5.41, 5.74) is -0.665. The monoisotopic (exact) mass is 213 g/mol. The highest BCUT2D eigenvalue weighted by molar-refractivity contribution is 5.79. The quantitative estimate of drug-likeness (QED) is 0.703. The summed E-state index contributed by atoms with van der Waals surface area (Å²) >= 11 is 0. The first kappa shape index (κ1) is 12.0. The van der Waals surface area contributed by atoms with Crippen LogP contribution in [0, 0.1) is 5.41 Å². The Bertz CT molecular complexity index is 246. The minimum atomic E-state index is -0.774. The second-order valence-corrected chi connectivity index (χ2v) is 4.32. The van der Waals surface area contributed by atoms with Gasteiger partial charge in [-0.1, -0.05) is 19.8 Å². The first-order valence-corrected chi connectivity index (χ1v) is 5.61. The molecule has 0 aromatic rings. The van der Waals surface area contributed by atoms with Crippen molar-refractivity contribution in [1.82, 2.24) is 5.32 Å². The average molecular weight is 213 g/mol. The van der Waals surface area contributed by atoms with Crippen molar-refractivity contribution in [2.75, 3.05) is 6.54 Å². The van der Waals surface area contributed by atoms with E-state index in [9.17, 15) is 9.59 Å². The number of hydrogen-bond donors (Lipinski definition) is 2. The maximum Gasteiger partial charge on any atom is 0.311 e. The van der Waals surface area contributed by atoms with Gasteiger partial charge in [-0.3, -0.25) is 9.59 Å². The zero-order chi connectivity index (χ0) is 11.3. The second-order valence-electron chi connectivity index (χ2n) is 4.32. The summed E-state index contributed by atoms with van der Waals surface area (Å²) in [6, 6.07) is 0. The largest absolute Gasteiger partial charge is 0.481 e. The van der Waals surface area contributed by atoms with Crippen molar-refractivity contribution in [3.05, 3.63) is 0 Å². The molecule has 0 aromatic heterocycles. The first-order chi connectivity index (χ1) is 7.10. The van der Waals surface area contributed by atoms with Crippen molar-refractivity contribution in [2.45, 2.75) is 45.4 Å². The van der Waals surface area contributed by atoms with Crippen LogP contribution in [0.25, 0.3) is 0 Å². The molecule has 1 aliphatic rings. The lowest BCUT2D eigenvalue weighted by Gasteiger charge is -2.37. The van der Waals surface area contributed by atoms with Gasteiger partial charge in [0.25, 0.3) is 0 Å². The minimum Gasteiger partial charge on any atom is -0.481 e. The first-order valence-electron chi connectivity index (χ1n) is 5.61. The van der Waals surface area contributed by atoms with Crippen molar-refractivity contribution >= 4 is 11.9 Å². The van der Waals surface area contributed by atoms with Gasteiger partial charge in [0, 0.05) is 13.0 Å². The number of rotatable bonds is 6. The fourth-order valence-electron chi connectivity index (χ4n) is 1.76. The molecule has 1 amide bonds. The average Bonchev–Trinajstić information content (AvgIpc) is 2.12. The van der Waals surface area contributed by atoms with Gasteiger partial charge in [0.2, 0.25) is 5.91 Å². The van der Waals surface area contributed by atoms with Crippen LogP contribution in [-0.4, -0.2) is 23.5 Å². The van der Waals surface area contributed by atoms with Crippen LogP contribution in [-0.2, 0) is 9.59 Å². The van der Waals surface area contributed by atoms with E-state index in [1.807, 2.05) is 6.92 Å². The Labute approximate surface area is 90.0 Å². The fourth-order valence-corrected chi connectivity index (χ4v) is 1.76. The van der Waals surface area contributed by atoms with E-state index in [0.29, 0.717) is 25.8 Å². The van der Waals surface area contributed by atoms with Crippen LogP contribution in [0.2, 0.25) is 0 Å². The molecule has 0 spiro atoms. The van der Waals surface area contributed by atoms with Crippen LogP contribution >= 0.6 is 0 Å². The van der Waals surface area contributed by atoms with Gasteiger partial charge in [-0.05, 0) is 19.3 Å². The summed E-state index contributed by atoms with van der Waals surface area (Å²) in [4.78, 5) is 22.3. The molecule has 86 valence electrons. The molecule has 1 saturated carbocycles. The molecular formula is C11H19NO3. The SMILES string of the molecule is CCCCC(=O)NCC1(C(=O)O)CCC1. The van der Waals surface area contributed by atoms with E-state index in [2.05, 4.69) is 5.32 Å². The number of unbranched alkanes of at least 4 members (excludes halogenated alkanes) is 1. The molecule has 0 aliphatic heterocycles. The predicted octanol–water partition coefficient (Wildman–Crippen LogP) is 1.55. The highest BCUT2D eigenvalue weighted by atomic mass is 16.4. The summed E-state index contributed by atoms with van der Waals surface area (Å²) in [5, 5.41) is 11.7. The van der Waals surface area contributed by atoms with E-state index >= 15 is 0 Å². The van der Waals surface area contributed by atoms with Gasteiger partial charge in [0.1, 0.15) is 0 Å². The van der Waals surface area contributed by atoms with Crippen molar-refractivity contribution in [3.63, 3.8) is 0 Å². The number of carbonyl (C=O) groups is 2. The van der Waals surface area contributed by atoms with E-state index in [-0.39, 0.29) is 5.91 Å². The number of amides is 1. The molecule has 1 aliphatic carbocycles. The van der Waals surface area contributed by atoms with Gasteiger partial charge in [0.15, 0.2) is 0 Å². The molecule has 0 unspecified atom stereocenters. The molecular weight excluding hydrogens is 194 g/mol. The van der Waals surface area contributed by atoms with E-state index < -0.39 is 11.4 Å². The Kier molecular flexibility index (Phi) is 4.12. The third-order valence-corrected chi connectivity index (χ3v) is 3.15. The molecule has 0 radical (unpaired) electrons. The maximum atomic E-state index is 11.3. The van der Waals surface area contributed by atoms with Gasteiger partial charge in [-0.25, -0.2) is 0 Å². The molecule has 0 bridgehead atoms. The van der Waals surface area contributed by atoms with Crippen molar-refractivity contribution in [2.24, 2.45) is 5.41 Å². The lowest BCUT2D eigenvalue weighted by molar-refractivity contribution is -0.154. The molecule has 0 atom stereocenters. The molecule has 15 heavy (non-hydrogen) atoms. The summed E-state index contributed by atoms with van der Waals surface area (Å²) in [6.45, 7) is 2.32. The molecule has 4 nitrogen and oxygen atoms in total. The number of carboxylic acid groups (broad SMARTS) is 1. The standard InChI is InChI=1S/C11H19NO3/c1-2-3-5-9(13)12-8-11(10(14)15)6-4-7-11/h2-8H2,1H3,(H,12,13)(H,14,15). The van der Waals surface area contributed by atoms with Crippen LogP contribution in [0.15, 0.2) is 0 Å². The normalized spacial score (nSPS) is 17.9. The lowest BCUT2D eigenvalue weighted by atomic mass is 9.69. The lowest BCUT2D eigenvalue weighted by Crippen LogP contribution is -2.47. The Morgan fingerprint density at radius 3 is 2.47 bits per heavy atom. The molecule has 1 fully saturated rings. The molecule has 1 rings (SSSR count). The summed E-state index contributed by atoms with van der Waals surface area (Å²) < 4.78 is 0. The van der Waals surface area contributed by atoms with Gasteiger partial charge in [0.05, 0.1) is 5.41 Å². The Hall–Kier alpha value is -1.06. The maximum absolute atomic E-state index is 11.3. The van der Waals surface area contributed by atoms with Crippen LogP contribution in [0.4, 0.5) is 0 Å². The number of carboxylic acids is 1. The van der Waals surface area contributed by atoms with Gasteiger partial charge >= 0.3 is 5.97 Å². The Balaban J connectivity index is 2.29.